The lowest BCUT2D eigenvalue weighted by molar-refractivity contribution is 0.0936. The standard InChI is InChI=1S/C12H17FN2/c1-9-4-6-15-8-11(9)12(13)5-2-3-10(14)7-12/h4,6,8,10H,2-3,5,7,14H2,1H3. The third-order valence-corrected chi connectivity index (χ3v) is 3.26. The highest BCUT2D eigenvalue weighted by atomic mass is 19.1. The molecule has 2 rings (SSSR count). The van der Waals surface area contributed by atoms with E-state index in [0.29, 0.717) is 12.8 Å². The van der Waals surface area contributed by atoms with Gasteiger partial charge in [0.2, 0.25) is 0 Å². The van der Waals surface area contributed by atoms with Crippen molar-refractivity contribution in [1.29, 1.82) is 0 Å². The molecular formula is C12H17FN2. The highest BCUT2D eigenvalue weighted by Crippen LogP contribution is 2.41. The van der Waals surface area contributed by atoms with Crippen molar-refractivity contribution >= 4 is 0 Å². The van der Waals surface area contributed by atoms with Gasteiger partial charge in [-0.05, 0) is 37.8 Å². The molecule has 0 saturated heterocycles. The van der Waals surface area contributed by atoms with Crippen molar-refractivity contribution < 1.29 is 4.39 Å². The van der Waals surface area contributed by atoms with Crippen LogP contribution in [0.25, 0.3) is 0 Å². The topological polar surface area (TPSA) is 38.9 Å². The first kappa shape index (κ1) is 10.6. The Bertz CT molecular complexity index is 353. The average molecular weight is 208 g/mol. The number of nitrogens with two attached hydrogens (primary N) is 1. The number of rotatable bonds is 1. The van der Waals surface area contributed by atoms with Crippen molar-refractivity contribution in [3.8, 4) is 0 Å². The predicted molar refractivity (Wildman–Crippen MR) is 58.2 cm³/mol. The Hall–Kier alpha value is -0.960. The summed E-state index contributed by atoms with van der Waals surface area (Å²) in [4.78, 5) is 4.01. The summed E-state index contributed by atoms with van der Waals surface area (Å²) in [6, 6.07) is 1.85. The van der Waals surface area contributed by atoms with Crippen molar-refractivity contribution in [1.82, 2.24) is 4.98 Å². The van der Waals surface area contributed by atoms with Crippen LogP contribution in [0.5, 0.6) is 0 Å². The lowest BCUT2D eigenvalue weighted by Gasteiger charge is -2.34. The van der Waals surface area contributed by atoms with Gasteiger partial charge in [0.05, 0.1) is 0 Å². The zero-order valence-electron chi connectivity index (χ0n) is 9.04. The molecule has 1 aromatic heterocycles. The van der Waals surface area contributed by atoms with Crippen LogP contribution < -0.4 is 5.73 Å². The first-order chi connectivity index (χ1) is 7.12. The molecule has 0 bridgehead atoms. The lowest BCUT2D eigenvalue weighted by Crippen LogP contribution is -2.36. The van der Waals surface area contributed by atoms with Gasteiger partial charge < -0.3 is 5.73 Å². The Morgan fingerprint density at radius 3 is 3.07 bits per heavy atom. The van der Waals surface area contributed by atoms with Crippen LogP contribution in [-0.4, -0.2) is 11.0 Å². The highest BCUT2D eigenvalue weighted by molar-refractivity contribution is 5.28. The summed E-state index contributed by atoms with van der Waals surface area (Å²) in [5.74, 6) is 0. The molecule has 1 aliphatic carbocycles. The van der Waals surface area contributed by atoms with E-state index in [1.807, 2.05) is 13.0 Å². The molecule has 1 aromatic rings. The minimum Gasteiger partial charge on any atom is -0.328 e. The fourth-order valence-corrected chi connectivity index (χ4v) is 2.44. The molecule has 3 heteroatoms. The zero-order valence-corrected chi connectivity index (χ0v) is 9.04. The molecule has 2 N–H and O–H groups in total. The van der Waals surface area contributed by atoms with Gasteiger partial charge in [-0.2, -0.15) is 0 Å². The largest absolute Gasteiger partial charge is 0.328 e. The minimum absolute atomic E-state index is 0.0108. The number of nitrogens with zero attached hydrogens (tertiary/aromatic N) is 1. The Morgan fingerprint density at radius 2 is 2.40 bits per heavy atom. The van der Waals surface area contributed by atoms with Gasteiger partial charge in [-0.25, -0.2) is 4.39 Å². The van der Waals surface area contributed by atoms with Crippen LogP contribution in [0.15, 0.2) is 18.5 Å². The van der Waals surface area contributed by atoms with E-state index in [1.165, 1.54) is 0 Å². The maximum atomic E-state index is 14.7. The molecule has 15 heavy (non-hydrogen) atoms. The fraction of sp³-hybridized carbons (Fsp3) is 0.583. The molecule has 1 aliphatic rings. The second-order valence-corrected chi connectivity index (χ2v) is 4.51. The van der Waals surface area contributed by atoms with Gasteiger partial charge in [-0.1, -0.05) is 0 Å². The third kappa shape index (κ3) is 2.02. The summed E-state index contributed by atoms with van der Waals surface area (Å²) in [7, 11) is 0. The van der Waals surface area contributed by atoms with E-state index in [0.717, 1.165) is 24.0 Å². The SMILES string of the molecule is Cc1ccncc1C1(F)CCCC(N)C1. The van der Waals surface area contributed by atoms with E-state index in [2.05, 4.69) is 4.98 Å². The average Bonchev–Trinajstić information content (AvgIpc) is 2.17. The zero-order chi connectivity index (χ0) is 10.9. The Balaban J connectivity index is 2.32. The maximum Gasteiger partial charge on any atom is 0.139 e. The molecule has 2 unspecified atom stereocenters. The van der Waals surface area contributed by atoms with Crippen molar-refractivity contribution in [2.24, 2.45) is 5.73 Å². The van der Waals surface area contributed by atoms with Crippen molar-refractivity contribution in [2.45, 2.75) is 44.3 Å². The summed E-state index contributed by atoms with van der Waals surface area (Å²) in [5, 5.41) is 0. The normalized spacial score (nSPS) is 31.5. The molecule has 1 saturated carbocycles. The predicted octanol–water partition coefficient (Wildman–Crippen LogP) is 2.46. The third-order valence-electron chi connectivity index (χ3n) is 3.26. The molecule has 0 aromatic carbocycles. The number of hydrogen-bond acceptors (Lipinski definition) is 2. The molecule has 1 heterocycles. The minimum atomic E-state index is -1.25. The molecule has 82 valence electrons. The maximum absolute atomic E-state index is 14.7. The molecule has 0 spiro atoms. The van der Waals surface area contributed by atoms with Crippen LogP contribution in [0, 0.1) is 6.92 Å². The summed E-state index contributed by atoms with van der Waals surface area (Å²) in [6.45, 7) is 1.93. The highest BCUT2D eigenvalue weighted by Gasteiger charge is 2.37. The van der Waals surface area contributed by atoms with Gasteiger partial charge in [-0.3, -0.25) is 4.98 Å². The second-order valence-electron chi connectivity index (χ2n) is 4.51. The number of hydrogen-bond donors (Lipinski definition) is 1. The van der Waals surface area contributed by atoms with E-state index >= 15 is 0 Å². The van der Waals surface area contributed by atoms with E-state index in [4.69, 9.17) is 5.73 Å². The van der Waals surface area contributed by atoms with E-state index in [-0.39, 0.29) is 6.04 Å². The second kappa shape index (κ2) is 3.89. The van der Waals surface area contributed by atoms with Crippen LogP contribution in [0.2, 0.25) is 0 Å². The van der Waals surface area contributed by atoms with Crippen molar-refractivity contribution in [3.05, 3.63) is 29.6 Å². The lowest BCUT2D eigenvalue weighted by atomic mass is 9.78. The van der Waals surface area contributed by atoms with Crippen LogP contribution in [-0.2, 0) is 5.67 Å². The summed E-state index contributed by atoms with van der Waals surface area (Å²) >= 11 is 0. The van der Waals surface area contributed by atoms with Crippen molar-refractivity contribution in [2.75, 3.05) is 0 Å². The van der Waals surface area contributed by atoms with E-state index in [1.54, 1.807) is 12.4 Å². The molecule has 0 amide bonds. The quantitative estimate of drug-likeness (QED) is 0.770. The van der Waals surface area contributed by atoms with Crippen LogP contribution in [0.4, 0.5) is 4.39 Å². The number of aromatic nitrogens is 1. The van der Waals surface area contributed by atoms with Crippen LogP contribution in [0.1, 0.15) is 36.8 Å². The summed E-state index contributed by atoms with van der Waals surface area (Å²) < 4.78 is 14.7. The van der Waals surface area contributed by atoms with Crippen LogP contribution in [0.3, 0.4) is 0 Å². The molecule has 0 radical (unpaired) electrons. The Labute approximate surface area is 89.7 Å². The molecule has 0 aliphatic heterocycles. The van der Waals surface area contributed by atoms with Gasteiger partial charge in [0.25, 0.3) is 0 Å². The first-order valence-electron chi connectivity index (χ1n) is 5.47. The molecule has 2 atom stereocenters. The molecular weight excluding hydrogens is 191 g/mol. The number of alkyl halides is 1. The number of pyridine rings is 1. The number of aryl methyl sites for hydroxylation is 1. The smallest absolute Gasteiger partial charge is 0.139 e. The summed E-state index contributed by atoms with van der Waals surface area (Å²) in [6.07, 6.45) is 6.15. The van der Waals surface area contributed by atoms with Gasteiger partial charge in [0.1, 0.15) is 5.67 Å². The first-order valence-corrected chi connectivity index (χ1v) is 5.47. The van der Waals surface area contributed by atoms with Gasteiger partial charge in [0, 0.05) is 30.4 Å². The molecule has 1 fully saturated rings. The monoisotopic (exact) mass is 208 g/mol. The van der Waals surface area contributed by atoms with Gasteiger partial charge in [-0.15, -0.1) is 0 Å². The fourth-order valence-electron chi connectivity index (χ4n) is 2.44. The number of halogens is 1. The Kier molecular flexibility index (Phi) is 2.74. The van der Waals surface area contributed by atoms with E-state index in [9.17, 15) is 4.39 Å². The Morgan fingerprint density at radius 1 is 1.60 bits per heavy atom. The van der Waals surface area contributed by atoms with Crippen molar-refractivity contribution in [3.63, 3.8) is 0 Å². The van der Waals surface area contributed by atoms with Gasteiger partial charge >= 0.3 is 0 Å². The van der Waals surface area contributed by atoms with E-state index < -0.39 is 5.67 Å². The van der Waals surface area contributed by atoms with Crippen LogP contribution >= 0.6 is 0 Å². The van der Waals surface area contributed by atoms with Gasteiger partial charge in [0.15, 0.2) is 0 Å². The summed E-state index contributed by atoms with van der Waals surface area (Å²) in [5.41, 5.74) is 6.28. The molecule has 2 nitrogen and oxygen atoms in total.